The zero-order chi connectivity index (χ0) is 28.1. The number of ether oxygens (including phenoxy) is 1. The second-order valence-corrected chi connectivity index (χ2v) is 10.9. The average molecular weight is 565 g/mol. The molecule has 0 bridgehead atoms. The lowest BCUT2D eigenvalue weighted by Gasteiger charge is -2.26. The van der Waals surface area contributed by atoms with Crippen molar-refractivity contribution < 1.29 is 14.3 Å². The Balaban J connectivity index is 1.51. The number of hydrogen-bond donors (Lipinski definition) is 1. The van der Waals surface area contributed by atoms with Crippen LogP contribution in [0.3, 0.4) is 0 Å². The van der Waals surface area contributed by atoms with Gasteiger partial charge in [0.25, 0.3) is 5.91 Å². The van der Waals surface area contributed by atoms with Crippen molar-refractivity contribution in [3.8, 4) is 5.75 Å². The number of imidazole rings is 1. The Kier molecular flexibility index (Phi) is 9.01. The number of halogens is 1. The van der Waals surface area contributed by atoms with Gasteiger partial charge in [0.05, 0.1) is 17.1 Å². The Morgan fingerprint density at radius 1 is 1.15 bits per heavy atom. The number of rotatable bonds is 8. The van der Waals surface area contributed by atoms with Crippen LogP contribution in [0.1, 0.15) is 61.1 Å². The molecule has 2 aliphatic heterocycles. The lowest BCUT2D eigenvalue weighted by atomic mass is 10.1. The van der Waals surface area contributed by atoms with E-state index >= 15 is 0 Å². The van der Waals surface area contributed by atoms with Gasteiger partial charge in [-0.05, 0) is 89.4 Å². The van der Waals surface area contributed by atoms with Gasteiger partial charge in [-0.1, -0.05) is 17.7 Å². The molecule has 40 heavy (non-hydrogen) atoms. The van der Waals surface area contributed by atoms with E-state index in [2.05, 4.69) is 15.2 Å². The largest absolute Gasteiger partial charge is 0.491 e. The molecule has 212 valence electrons. The summed E-state index contributed by atoms with van der Waals surface area (Å²) < 4.78 is 8.15. The van der Waals surface area contributed by atoms with Crippen molar-refractivity contribution in [3.05, 3.63) is 58.9 Å². The molecule has 0 saturated carbocycles. The van der Waals surface area contributed by atoms with E-state index in [9.17, 15) is 9.59 Å². The monoisotopic (exact) mass is 564 g/mol. The highest BCUT2D eigenvalue weighted by atomic mass is 35.5. The molecule has 0 unspecified atom stereocenters. The number of fused-ring (bicyclic) bond motifs is 1. The summed E-state index contributed by atoms with van der Waals surface area (Å²) in [6, 6.07) is 7.02. The van der Waals surface area contributed by atoms with Crippen molar-refractivity contribution in [2.24, 2.45) is 0 Å². The molecule has 2 aromatic heterocycles. The number of carbonyl (C=O) groups is 2. The van der Waals surface area contributed by atoms with Crippen molar-refractivity contribution in [3.63, 3.8) is 0 Å². The first-order valence-corrected chi connectivity index (χ1v) is 14.5. The van der Waals surface area contributed by atoms with Gasteiger partial charge in [-0.15, -0.1) is 0 Å². The highest BCUT2D eigenvalue weighted by molar-refractivity contribution is 6.36. The number of carbonyl (C=O) groups excluding carboxylic acids is 2. The summed E-state index contributed by atoms with van der Waals surface area (Å²) in [6.45, 7) is 8.46. The summed E-state index contributed by atoms with van der Waals surface area (Å²) in [4.78, 5) is 39.4. The third kappa shape index (κ3) is 6.31. The molecule has 3 aromatic rings. The maximum atomic E-state index is 13.3. The van der Waals surface area contributed by atoms with Crippen molar-refractivity contribution in [2.75, 3.05) is 44.6 Å². The first-order chi connectivity index (χ1) is 19.4. The number of aryl methyl sites for hydroxylation is 1. The third-order valence-corrected chi connectivity index (χ3v) is 8.00. The normalized spacial score (nSPS) is 18.4. The minimum absolute atomic E-state index is 0.0197. The SMILES string of the molecule is C/C=C/C(=O)N1CCCC[C@@H](n2c(NC(=O)c3ccnc(C)c3)nc3ccc(OCCN4CCCC4)c(Cl)c32)C1. The van der Waals surface area contributed by atoms with Crippen LogP contribution in [0.15, 0.2) is 42.6 Å². The summed E-state index contributed by atoms with van der Waals surface area (Å²) in [5, 5.41) is 3.48. The van der Waals surface area contributed by atoms with Gasteiger partial charge < -0.3 is 14.2 Å². The predicted octanol–water partition coefficient (Wildman–Crippen LogP) is 5.25. The lowest BCUT2D eigenvalue weighted by molar-refractivity contribution is -0.126. The number of amides is 2. The molecular weight excluding hydrogens is 528 g/mol. The summed E-state index contributed by atoms with van der Waals surface area (Å²) in [5.41, 5.74) is 2.61. The van der Waals surface area contributed by atoms with Crippen LogP contribution in [0, 0.1) is 6.92 Å². The molecule has 0 spiro atoms. The number of nitrogens with one attached hydrogen (secondary N) is 1. The zero-order valence-electron chi connectivity index (χ0n) is 23.2. The van der Waals surface area contributed by atoms with E-state index in [-0.39, 0.29) is 17.9 Å². The van der Waals surface area contributed by atoms with E-state index in [0.717, 1.165) is 44.6 Å². The quantitative estimate of drug-likeness (QED) is 0.376. The fourth-order valence-corrected chi connectivity index (χ4v) is 5.92. The number of aromatic nitrogens is 3. The first kappa shape index (κ1) is 28.1. The van der Waals surface area contributed by atoms with Crippen LogP contribution >= 0.6 is 11.6 Å². The molecule has 1 N–H and O–H groups in total. The van der Waals surface area contributed by atoms with Crippen LogP contribution in [-0.2, 0) is 4.79 Å². The molecule has 5 rings (SSSR count). The van der Waals surface area contributed by atoms with Crippen LogP contribution in [0.25, 0.3) is 11.0 Å². The van der Waals surface area contributed by atoms with Gasteiger partial charge in [0.15, 0.2) is 0 Å². The number of pyridine rings is 1. The highest BCUT2D eigenvalue weighted by Gasteiger charge is 2.28. The van der Waals surface area contributed by atoms with E-state index < -0.39 is 0 Å². The molecule has 0 radical (unpaired) electrons. The smallest absolute Gasteiger partial charge is 0.258 e. The van der Waals surface area contributed by atoms with Gasteiger partial charge in [-0.25, -0.2) is 4.98 Å². The Hall–Kier alpha value is -3.43. The Morgan fingerprint density at radius 3 is 2.73 bits per heavy atom. The van der Waals surface area contributed by atoms with E-state index in [4.69, 9.17) is 21.3 Å². The molecule has 0 aliphatic carbocycles. The van der Waals surface area contributed by atoms with Crippen LogP contribution < -0.4 is 10.1 Å². The Bertz CT molecular complexity index is 1400. The molecule has 9 nitrogen and oxygen atoms in total. The highest BCUT2D eigenvalue weighted by Crippen LogP contribution is 2.38. The molecule has 2 fully saturated rings. The van der Waals surface area contributed by atoms with Crippen LogP contribution in [0.5, 0.6) is 5.75 Å². The molecule has 4 heterocycles. The van der Waals surface area contributed by atoms with E-state index in [1.807, 2.05) is 35.4 Å². The van der Waals surface area contributed by atoms with Gasteiger partial charge in [-0.2, -0.15) is 0 Å². The summed E-state index contributed by atoms with van der Waals surface area (Å²) in [7, 11) is 0. The summed E-state index contributed by atoms with van der Waals surface area (Å²) >= 11 is 7.03. The summed E-state index contributed by atoms with van der Waals surface area (Å²) in [5.74, 6) is 0.688. The molecule has 1 aromatic carbocycles. The minimum Gasteiger partial charge on any atom is -0.491 e. The zero-order valence-corrected chi connectivity index (χ0v) is 24.0. The second-order valence-electron chi connectivity index (χ2n) is 10.5. The fraction of sp³-hybridized carbons (Fsp3) is 0.467. The lowest BCUT2D eigenvalue weighted by Crippen LogP contribution is -2.34. The van der Waals surface area contributed by atoms with Gasteiger partial charge >= 0.3 is 0 Å². The number of nitrogens with zero attached hydrogens (tertiary/aromatic N) is 5. The Labute approximate surface area is 240 Å². The van der Waals surface area contributed by atoms with Gasteiger partial charge in [-0.3, -0.25) is 24.8 Å². The fourth-order valence-electron chi connectivity index (χ4n) is 5.61. The number of likely N-dealkylation sites (tertiary alicyclic amines) is 2. The minimum atomic E-state index is -0.282. The standard InChI is InChI=1S/C30H37ClN6O3/c1-3-8-26(38)36-16-5-4-9-23(20-36)37-28-24(33-30(37)34-29(39)22-12-13-32-21(2)19-22)10-11-25(27(28)31)40-18-17-35-14-6-7-15-35/h3,8,10-13,19,23H,4-7,9,14-18,20H2,1-2H3,(H,33,34,39)/b8-3+/t23-/m1/s1. The maximum absolute atomic E-state index is 13.3. The van der Waals surface area contributed by atoms with Gasteiger partial charge in [0, 0.05) is 37.1 Å². The molecule has 2 aliphatic rings. The first-order valence-electron chi connectivity index (χ1n) is 14.2. The summed E-state index contributed by atoms with van der Waals surface area (Å²) in [6.07, 6.45) is 10.1. The van der Waals surface area contributed by atoms with Crippen LogP contribution in [0.4, 0.5) is 5.95 Å². The molecule has 10 heteroatoms. The topological polar surface area (TPSA) is 92.6 Å². The third-order valence-electron chi connectivity index (χ3n) is 7.64. The predicted molar refractivity (Wildman–Crippen MR) is 157 cm³/mol. The van der Waals surface area contributed by atoms with E-state index in [1.165, 1.54) is 12.8 Å². The number of hydrogen-bond acceptors (Lipinski definition) is 6. The van der Waals surface area contributed by atoms with E-state index in [1.54, 1.807) is 30.5 Å². The Morgan fingerprint density at radius 2 is 1.95 bits per heavy atom. The molecular formula is C30H37ClN6O3. The van der Waals surface area contributed by atoms with Crippen LogP contribution in [-0.4, -0.2) is 75.5 Å². The van der Waals surface area contributed by atoms with Crippen molar-refractivity contribution in [1.82, 2.24) is 24.3 Å². The molecule has 1 atom stereocenters. The van der Waals surface area contributed by atoms with Gasteiger partial charge in [0.2, 0.25) is 11.9 Å². The molecule has 2 saturated heterocycles. The van der Waals surface area contributed by atoms with Crippen LogP contribution in [0.2, 0.25) is 5.02 Å². The second kappa shape index (κ2) is 12.8. The number of anilines is 1. The molecule has 2 amide bonds. The number of benzene rings is 1. The van der Waals surface area contributed by atoms with Crippen molar-refractivity contribution >= 4 is 40.4 Å². The van der Waals surface area contributed by atoms with Gasteiger partial charge in [0.1, 0.15) is 17.4 Å². The van der Waals surface area contributed by atoms with Crippen molar-refractivity contribution in [2.45, 2.75) is 52.0 Å². The maximum Gasteiger partial charge on any atom is 0.258 e. The van der Waals surface area contributed by atoms with Crippen molar-refractivity contribution in [1.29, 1.82) is 0 Å². The number of allylic oxidation sites excluding steroid dienone is 1. The van der Waals surface area contributed by atoms with E-state index in [0.29, 0.717) is 53.0 Å². The average Bonchev–Trinajstić information content (AvgIpc) is 3.51.